The molecular weight excluding hydrogens is 713 g/mol. The number of para-hydroxylation sites is 2. The molecule has 11 rings (SSSR count). The van der Waals surface area contributed by atoms with E-state index in [1.165, 1.54) is 78.1 Å². The van der Waals surface area contributed by atoms with Crippen LogP contribution in [-0.2, 0) is 5.41 Å². The smallest absolute Gasteiger partial charge is 0.0540 e. The summed E-state index contributed by atoms with van der Waals surface area (Å²) >= 11 is 0. The van der Waals surface area contributed by atoms with E-state index in [-0.39, 0.29) is 5.41 Å². The summed E-state index contributed by atoms with van der Waals surface area (Å²) in [6.07, 6.45) is 0. The van der Waals surface area contributed by atoms with Gasteiger partial charge in [0.25, 0.3) is 0 Å². The normalized spacial score (nSPS) is 13.0. The summed E-state index contributed by atoms with van der Waals surface area (Å²) in [6.45, 7) is 4.71. The molecule has 59 heavy (non-hydrogen) atoms. The van der Waals surface area contributed by atoms with Crippen LogP contribution >= 0.6 is 0 Å². The number of rotatable bonds is 6. The monoisotopic (exact) mass is 754 g/mol. The van der Waals surface area contributed by atoms with Crippen molar-refractivity contribution in [1.29, 1.82) is 0 Å². The van der Waals surface area contributed by atoms with Crippen molar-refractivity contribution < 1.29 is 0 Å². The van der Waals surface area contributed by atoms with Gasteiger partial charge in [0.2, 0.25) is 0 Å². The second kappa shape index (κ2) is 13.9. The van der Waals surface area contributed by atoms with Crippen LogP contribution in [0.1, 0.15) is 25.0 Å². The Kier molecular flexibility index (Phi) is 8.20. The Balaban J connectivity index is 1.02. The van der Waals surface area contributed by atoms with E-state index in [4.69, 9.17) is 0 Å². The Morgan fingerprint density at radius 1 is 0.322 bits per heavy atom. The summed E-state index contributed by atoms with van der Waals surface area (Å²) in [5.41, 5.74) is 21.8. The summed E-state index contributed by atoms with van der Waals surface area (Å²) in [4.78, 5) is 4.81. The molecule has 0 unspecified atom stereocenters. The zero-order chi connectivity index (χ0) is 39.5. The van der Waals surface area contributed by atoms with E-state index in [0.29, 0.717) is 0 Å². The highest BCUT2D eigenvalue weighted by Gasteiger charge is 2.36. The second-order valence-electron chi connectivity index (χ2n) is 16.2. The lowest BCUT2D eigenvalue weighted by atomic mass is 9.82. The van der Waals surface area contributed by atoms with Gasteiger partial charge in [-0.05, 0) is 122 Å². The van der Waals surface area contributed by atoms with E-state index in [2.05, 4.69) is 242 Å². The predicted molar refractivity (Wildman–Crippen MR) is 249 cm³/mol. The van der Waals surface area contributed by atoms with Crippen molar-refractivity contribution in [2.45, 2.75) is 19.3 Å². The fourth-order valence-electron chi connectivity index (χ4n) is 9.48. The van der Waals surface area contributed by atoms with E-state index in [1.807, 2.05) is 0 Å². The maximum atomic E-state index is 2.41. The van der Waals surface area contributed by atoms with E-state index in [9.17, 15) is 0 Å². The molecule has 0 saturated carbocycles. The molecule has 0 N–H and O–H groups in total. The van der Waals surface area contributed by atoms with Crippen molar-refractivity contribution in [1.82, 2.24) is 0 Å². The van der Waals surface area contributed by atoms with Crippen molar-refractivity contribution >= 4 is 34.1 Å². The Hall–Kier alpha value is -7.42. The molecule has 9 aromatic carbocycles. The van der Waals surface area contributed by atoms with Gasteiger partial charge in [-0.15, -0.1) is 0 Å². The molecule has 0 spiro atoms. The quantitative estimate of drug-likeness (QED) is 0.167. The van der Waals surface area contributed by atoms with E-state index >= 15 is 0 Å². The fourth-order valence-corrected chi connectivity index (χ4v) is 9.48. The maximum absolute atomic E-state index is 2.41. The van der Waals surface area contributed by atoms with E-state index in [0.717, 1.165) is 22.7 Å². The topological polar surface area (TPSA) is 6.48 Å². The third kappa shape index (κ3) is 5.79. The van der Waals surface area contributed by atoms with E-state index < -0.39 is 0 Å². The van der Waals surface area contributed by atoms with Crippen LogP contribution in [-0.4, -0.2) is 0 Å². The standard InChI is InChI=1S/C57H42N2/c1-57(2)53-23-13-11-21-49(53)50-35-34-46(38-54(50)57)58(44-30-25-40(26-31-44)39-15-5-3-6-16-39)45-32-27-41(28-33-45)42-29-36-56-52(37-42)48-20-10-9-19-47(48)51-22-12-14-24-55(51)59(56)43-17-7-4-8-18-43/h3-38H,1-2H3. The van der Waals surface area contributed by atoms with Gasteiger partial charge in [0, 0.05) is 39.3 Å². The van der Waals surface area contributed by atoms with Gasteiger partial charge in [-0.1, -0.05) is 166 Å². The summed E-state index contributed by atoms with van der Waals surface area (Å²) < 4.78 is 0. The van der Waals surface area contributed by atoms with Crippen LogP contribution in [0.2, 0.25) is 0 Å². The van der Waals surface area contributed by atoms with Gasteiger partial charge < -0.3 is 9.80 Å². The molecule has 0 atom stereocenters. The van der Waals surface area contributed by atoms with Crippen LogP contribution < -0.4 is 9.80 Å². The molecule has 2 nitrogen and oxygen atoms in total. The lowest BCUT2D eigenvalue weighted by Gasteiger charge is -2.28. The molecule has 0 saturated heterocycles. The van der Waals surface area contributed by atoms with Crippen molar-refractivity contribution in [3.63, 3.8) is 0 Å². The first-order chi connectivity index (χ1) is 29.0. The van der Waals surface area contributed by atoms with Crippen molar-refractivity contribution in [3.05, 3.63) is 230 Å². The summed E-state index contributed by atoms with van der Waals surface area (Å²) in [6, 6.07) is 79.9. The van der Waals surface area contributed by atoms with Crippen molar-refractivity contribution in [2.75, 3.05) is 9.80 Å². The second-order valence-corrected chi connectivity index (χ2v) is 16.2. The van der Waals surface area contributed by atoms with Gasteiger partial charge in [-0.2, -0.15) is 0 Å². The Morgan fingerprint density at radius 3 is 1.49 bits per heavy atom. The molecule has 1 heterocycles. The number of fused-ring (bicyclic) bond motifs is 8. The Morgan fingerprint density at radius 2 is 0.797 bits per heavy atom. The third-order valence-corrected chi connectivity index (χ3v) is 12.4. The Bertz CT molecular complexity index is 3000. The van der Waals surface area contributed by atoms with Crippen molar-refractivity contribution in [3.8, 4) is 55.6 Å². The van der Waals surface area contributed by atoms with Gasteiger partial charge in [-0.25, -0.2) is 0 Å². The minimum Gasteiger partial charge on any atom is -0.310 e. The van der Waals surface area contributed by atoms with Crippen LogP contribution in [0.25, 0.3) is 55.6 Å². The largest absolute Gasteiger partial charge is 0.310 e. The summed E-state index contributed by atoms with van der Waals surface area (Å²) in [5, 5.41) is 0. The Labute approximate surface area is 346 Å². The highest BCUT2D eigenvalue weighted by molar-refractivity contribution is 6.03. The minimum absolute atomic E-state index is 0.101. The minimum atomic E-state index is -0.101. The molecule has 0 bridgehead atoms. The first-order valence-corrected chi connectivity index (χ1v) is 20.5. The molecule has 0 radical (unpaired) electrons. The zero-order valence-electron chi connectivity index (χ0n) is 33.2. The number of benzene rings is 9. The fraction of sp³-hybridized carbons (Fsp3) is 0.0526. The van der Waals surface area contributed by atoms with Crippen molar-refractivity contribution in [2.24, 2.45) is 0 Å². The SMILES string of the molecule is CC1(C)c2ccccc2-c2ccc(N(c3ccc(-c4ccccc4)cc3)c3ccc(-c4ccc5c(c4)-c4ccccc4-c4ccccc4N5c4ccccc4)cc3)cc21. The highest BCUT2D eigenvalue weighted by atomic mass is 15.2. The molecule has 0 aromatic heterocycles. The molecule has 2 heteroatoms. The molecule has 2 aliphatic rings. The first kappa shape index (κ1) is 34.8. The average Bonchev–Trinajstić information content (AvgIpc) is 3.45. The van der Waals surface area contributed by atoms with Crippen LogP contribution in [0.5, 0.6) is 0 Å². The summed E-state index contributed by atoms with van der Waals surface area (Å²) in [5.74, 6) is 0. The molecule has 9 aromatic rings. The number of hydrogen-bond donors (Lipinski definition) is 0. The van der Waals surface area contributed by atoms with Crippen LogP contribution in [0, 0.1) is 0 Å². The number of hydrogen-bond acceptors (Lipinski definition) is 2. The van der Waals surface area contributed by atoms with Gasteiger partial charge in [0.1, 0.15) is 0 Å². The van der Waals surface area contributed by atoms with Crippen LogP contribution in [0.4, 0.5) is 34.1 Å². The highest BCUT2D eigenvalue weighted by Crippen LogP contribution is 2.53. The summed E-state index contributed by atoms with van der Waals surface area (Å²) in [7, 11) is 0. The molecular formula is C57H42N2. The van der Waals surface area contributed by atoms with E-state index in [1.54, 1.807) is 0 Å². The zero-order valence-corrected chi connectivity index (χ0v) is 33.2. The lowest BCUT2D eigenvalue weighted by molar-refractivity contribution is 0.660. The molecule has 1 aliphatic heterocycles. The lowest BCUT2D eigenvalue weighted by Crippen LogP contribution is -2.16. The van der Waals surface area contributed by atoms with Crippen LogP contribution in [0.3, 0.4) is 0 Å². The van der Waals surface area contributed by atoms with Crippen LogP contribution in [0.15, 0.2) is 218 Å². The predicted octanol–water partition coefficient (Wildman–Crippen LogP) is 15.9. The molecule has 0 amide bonds. The number of nitrogens with zero attached hydrogens (tertiary/aromatic N) is 2. The maximum Gasteiger partial charge on any atom is 0.0540 e. The van der Waals surface area contributed by atoms with Gasteiger partial charge in [0.15, 0.2) is 0 Å². The van der Waals surface area contributed by atoms with Gasteiger partial charge in [0.05, 0.1) is 11.4 Å². The van der Waals surface area contributed by atoms with Gasteiger partial charge >= 0.3 is 0 Å². The first-order valence-electron chi connectivity index (χ1n) is 20.5. The molecule has 1 aliphatic carbocycles. The molecule has 0 fully saturated rings. The number of anilines is 6. The molecule has 280 valence electrons. The average molecular weight is 755 g/mol. The third-order valence-electron chi connectivity index (χ3n) is 12.4. The van der Waals surface area contributed by atoms with Gasteiger partial charge in [-0.3, -0.25) is 0 Å².